The van der Waals surface area contributed by atoms with Crippen LogP contribution in [0.4, 0.5) is 17.1 Å². The SMILES string of the molecule is NC1(C2CC2)N=C(Nc2cccc(N3CCOCC3)c2)Nc2ccoc21. The smallest absolute Gasteiger partial charge is 0.202 e. The molecular weight excluding hydrogens is 330 g/mol. The van der Waals surface area contributed by atoms with Gasteiger partial charge in [-0.3, -0.25) is 0 Å². The summed E-state index contributed by atoms with van der Waals surface area (Å²) < 4.78 is 11.1. The molecule has 1 aliphatic carbocycles. The molecule has 5 rings (SSSR count). The predicted octanol–water partition coefficient (Wildman–Crippen LogP) is 2.53. The number of anilines is 3. The van der Waals surface area contributed by atoms with Gasteiger partial charge in [-0.2, -0.15) is 0 Å². The van der Waals surface area contributed by atoms with Gasteiger partial charge in [0.1, 0.15) is 0 Å². The van der Waals surface area contributed by atoms with Crippen molar-refractivity contribution in [2.24, 2.45) is 16.6 Å². The number of nitrogens with two attached hydrogens (primary N) is 1. The van der Waals surface area contributed by atoms with E-state index < -0.39 is 5.66 Å². The van der Waals surface area contributed by atoms with Crippen molar-refractivity contribution < 1.29 is 9.15 Å². The summed E-state index contributed by atoms with van der Waals surface area (Å²) in [4.78, 5) is 7.10. The third-order valence-corrected chi connectivity index (χ3v) is 5.26. The minimum atomic E-state index is -0.783. The monoisotopic (exact) mass is 353 g/mol. The first-order chi connectivity index (χ1) is 12.7. The molecule has 0 radical (unpaired) electrons. The Hall–Kier alpha value is -2.51. The molecule has 0 spiro atoms. The molecule has 1 aromatic carbocycles. The van der Waals surface area contributed by atoms with E-state index in [9.17, 15) is 0 Å². The number of hydrogen-bond donors (Lipinski definition) is 3. The summed E-state index contributed by atoms with van der Waals surface area (Å²) >= 11 is 0. The van der Waals surface area contributed by atoms with Gasteiger partial charge in [0.25, 0.3) is 0 Å². The molecule has 26 heavy (non-hydrogen) atoms. The largest absolute Gasteiger partial charge is 0.463 e. The summed E-state index contributed by atoms with van der Waals surface area (Å²) in [5.41, 5.74) is 8.89. The zero-order valence-electron chi connectivity index (χ0n) is 14.6. The number of nitrogens with zero attached hydrogens (tertiary/aromatic N) is 2. The maximum absolute atomic E-state index is 6.63. The first kappa shape index (κ1) is 15.7. The lowest BCUT2D eigenvalue weighted by atomic mass is 10.0. The summed E-state index contributed by atoms with van der Waals surface area (Å²) in [5, 5.41) is 6.68. The molecule has 3 aliphatic rings. The number of fused-ring (bicyclic) bond motifs is 1. The second kappa shape index (κ2) is 6.03. The maximum atomic E-state index is 6.63. The van der Waals surface area contributed by atoms with Crippen LogP contribution in [0.5, 0.6) is 0 Å². The molecule has 7 nitrogen and oxygen atoms in total. The third kappa shape index (κ3) is 2.73. The van der Waals surface area contributed by atoms with Crippen LogP contribution in [0.3, 0.4) is 0 Å². The molecule has 2 fully saturated rings. The van der Waals surface area contributed by atoms with Crippen LogP contribution in [0.1, 0.15) is 18.6 Å². The number of guanidine groups is 1. The Morgan fingerprint density at radius 3 is 2.88 bits per heavy atom. The van der Waals surface area contributed by atoms with Crippen molar-refractivity contribution in [1.82, 2.24) is 0 Å². The van der Waals surface area contributed by atoms with Gasteiger partial charge in [-0.25, -0.2) is 4.99 Å². The van der Waals surface area contributed by atoms with E-state index in [0.717, 1.165) is 56.3 Å². The molecule has 1 atom stereocenters. The molecule has 0 amide bonds. The number of aliphatic imine (C=N–C) groups is 1. The maximum Gasteiger partial charge on any atom is 0.202 e. The van der Waals surface area contributed by atoms with Crippen LogP contribution in [0.15, 0.2) is 46.0 Å². The van der Waals surface area contributed by atoms with E-state index in [1.165, 1.54) is 5.69 Å². The molecule has 0 bridgehead atoms. The fourth-order valence-electron chi connectivity index (χ4n) is 3.71. The number of nitrogens with one attached hydrogen (secondary N) is 2. The standard InChI is InChI=1S/C19H23N5O2/c20-19(13-4-5-13)17-16(6-9-26-17)22-18(23-19)21-14-2-1-3-15(12-14)24-7-10-25-11-8-24/h1-3,6,9,12-13H,4-5,7-8,10-11,20H2,(H2,21,22,23). The number of hydrogen-bond acceptors (Lipinski definition) is 7. The van der Waals surface area contributed by atoms with E-state index in [1.807, 2.05) is 12.1 Å². The van der Waals surface area contributed by atoms with E-state index in [4.69, 9.17) is 19.9 Å². The van der Waals surface area contributed by atoms with E-state index in [2.05, 4.69) is 33.7 Å². The second-order valence-corrected chi connectivity index (χ2v) is 7.12. The Kier molecular flexibility index (Phi) is 3.65. The Balaban J connectivity index is 1.40. The number of rotatable bonds is 3. The topological polar surface area (TPSA) is 88.0 Å². The third-order valence-electron chi connectivity index (χ3n) is 5.26. The van der Waals surface area contributed by atoms with Crippen LogP contribution in [0.2, 0.25) is 0 Å². The van der Waals surface area contributed by atoms with Gasteiger partial charge in [0, 0.05) is 36.4 Å². The van der Waals surface area contributed by atoms with Crippen molar-refractivity contribution in [1.29, 1.82) is 0 Å². The average Bonchev–Trinajstić information content (AvgIpc) is 3.42. The molecule has 1 saturated carbocycles. The van der Waals surface area contributed by atoms with Crippen LogP contribution < -0.4 is 21.3 Å². The second-order valence-electron chi connectivity index (χ2n) is 7.12. The molecule has 1 unspecified atom stereocenters. The van der Waals surface area contributed by atoms with Gasteiger partial charge < -0.3 is 30.4 Å². The van der Waals surface area contributed by atoms with Gasteiger partial charge in [0.15, 0.2) is 11.4 Å². The molecule has 2 aliphatic heterocycles. The highest BCUT2D eigenvalue weighted by atomic mass is 16.5. The van der Waals surface area contributed by atoms with Crippen molar-refractivity contribution in [3.63, 3.8) is 0 Å². The van der Waals surface area contributed by atoms with Gasteiger partial charge in [-0.1, -0.05) is 6.07 Å². The van der Waals surface area contributed by atoms with E-state index in [1.54, 1.807) is 6.26 Å². The van der Waals surface area contributed by atoms with E-state index in [-0.39, 0.29) is 0 Å². The number of ether oxygens (including phenoxy) is 1. The highest BCUT2D eigenvalue weighted by Crippen LogP contribution is 2.48. The first-order valence-electron chi connectivity index (χ1n) is 9.16. The molecule has 4 N–H and O–H groups in total. The normalized spacial score (nSPS) is 25.3. The molecule has 2 aromatic rings. The van der Waals surface area contributed by atoms with Gasteiger partial charge >= 0.3 is 0 Å². The minimum absolute atomic E-state index is 0.339. The molecule has 3 heterocycles. The van der Waals surface area contributed by atoms with Gasteiger partial charge in [0.2, 0.25) is 5.96 Å². The lowest BCUT2D eigenvalue weighted by Crippen LogP contribution is -2.44. The quantitative estimate of drug-likeness (QED) is 0.786. The van der Waals surface area contributed by atoms with Crippen molar-refractivity contribution in [2.75, 3.05) is 41.8 Å². The number of furan rings is 1. The molecule has 1 saturated heterocycles. The van der Waals surface area contributed by atoms with Crippen molar-refractivity contribution in [3.05, 3.63) is 42.4 Å². The Labute approximate surface area is 152 Å². The Bertz CT molecular complexity index is 838. The summed E-state index contributed by atoms with van der Waals surface area (Å²) in [5.74, 6) is 1.73. The summed E-state index contributed by atoms with van der Waals surface area (Å²) in [7, 11) is 0. The van der Waals surface area contributed by atoms with Crippen molar-refractivity contribution in [2.45, 2.75) is 18.5 Å². The van der Waals surface area contributed by atoms with Crippen LogP contribution in [-0.2, 0) is 10.4 Å². The van der Waals surface area contributed by atoms with Gasteiger partial charge in [-0.05, 0) is 31.0 Å². The summed E-state index contributed by atoms with van der Waals surface area (Å²) in [6.45, 7) is 3.36. The highest BCUT2D eigenvalue weighted by Gasteiger charge is 2.49. The zero-order valence-corrected chi connectivity index (χ0v) is 14.6. The first-order valence-corrected chi connectivity index (χ1v) is 9.16. The molecule has 7 heteroatoms. The lowest BCUT2D eigenvalue weighted by Gasteiger charge is -2.31. The molecule has 136 valence electrons. The summed E-state index contributed by atoms with van der Waals surface area (Å²) in [6, 6.07) is 10.2. The Morgan fingerprint density at radius 1 is 1.23 bits per heavy atom. The zero-order chi connectivity index (χ0) is 17.6. The van der Waals surface area contributed by atoms with Crippen molar-refractivity contribution >= 4 is 23.0 Å². The number of morpholine rings is 1. The summed E-state index contributed by atoms with van der Waals surface area (Å²) in [6.07, 6.45) is 3.83. The van der Waals surface area contributed by atoms with Crippen LogP contribution in [0.25, 0.3) is 0 Å². The fourth-order valence-corrected chi connectivity index (χ4v) is 3.71. The Morgan fingerprint density at radius 2 is 2.08 bits per heavy atom. The van der Waals surface area contributed by atoms with Gasteiger partial charge in [0.05, 0.1) is 25.2 Å². The van der Waals surface area contributed by atoms with E-state index in [0.29, 0.717) is 11.9 Å². The van der Waals surface area contributed by atoms with Crippen molar-refractivity contribution in [3.8, 4) is 0 Å². The van der Waals surface area contributed by atoms with Crippen LogP contribution >= 0.6 is 0 Å². The number of benzene rings is 1. The fraction of sp³-hybridized carbons (Fsp3) is 0.421. The van der Waals surface area contributed by atoms with Crippen LogP contribution in [-0.4, -0.2) is 32.3 Å². The predicted molar refractivity (Wildman–Crippen MR) is 101 cm³/mol. The minimum Gasteiger partial charge on any atom is -0.463 e. The van der Waals surface area contributed by atoms with E-state index >= 15 is 0 Å². The van der Waals surface area contributed by atoms with Crippen LogP contribution in [0, 0.1) is 5.92 Å². The lowest BCUT2D eigenvalue weighted by molar-refractivity contribution is 0.122. The molecule has 1 aromatic heterocycles. The average molecular weight is 353 g/mol. The molecular formula is C19H23N5O2. The highest BCUT2D eigenvalue weighted by molar-refractivity contribution is 6.05. The van der Waals surface area contributed by atoms with Gasteiger partial charge in [-0.15, -0.1) is 0 Å².